The quantitative estimate of drug-likeness (QED) is 0.240. The standard InChI is InChI=1S/C9H18.4C8H16/c1-7(2)8(3)9(4,5)6;4*1-6(2)8(5)7(3)4/h7H,3H2,1-2,4-6H3;4*6-7H,5H2,1-4H3. The molecule has 0 aliphatic heterocycles. The van der Waals surface area contributed by atoms with Crippen molar-refractivity contribution in [1.82, 2.24) is 0 Å². The summed E-state index contributed by atoms with van der Waals surface area (Å²) in [6.45, 7) is 65.8. The average Bonchev–Trinajstić information content (AvgIpc) is 2.81. The molecular weight excluding hydrogens is 492 g/mol. The second kappa shape index (κ2) is 25.2. The third kappa shape index (κ3) is 31.5. The molecular formula is C41H82. The van der Waals surface area contributed by atoms with E-state index >= 15 is 0 Å². The largest absolute Gasteiger partial charge is 0.0993 e. The van der Waals surface area contributed by atoms with Crippen molar-refractivity contribution in [3.05, 3.63) is 60.8 Å². The van der Waals surface area contributed by atoms with Crippen LogP contribution < -0.4 is 0 Å². The van der Waals surface area contributed by atoms with Crippen molar-refractivity contribution in [3.63, 3.8) is 0 Å². The molecule has 0 bridgehead atoms. The van der Waals surface area contributed by atoms with Crippen LogP contribution in [0.4, 0.5) is 0 Å². The lowest BCUT2D eigenvalue weighted by atomic mass is 9.81. The van der Waals surface area contributed by atoms with E-state index in [1.807, 2.05) is 0 Å². The van der Waals surface area contributed by atoms with E-state index in [0.29, 0.717) is 53.3 Å². The van der Waals surface area contributed by atoms with Gasteiger partial charge in [-0.2, -0.15) is 0 Å². The highest BCUT2D eigenvalue weighted by Gasteiger charge is 2.16. The molecule has 0 unspecified atom stereocenters. The van der Waals surface area contributed by atoms with Crippen LogP contribution in [0.1, 0.15) is 145 Å². The van der Waals surface area contributed by atoms with Crippen molar-refractivity contribution in [2.45, 2.75) is 145 Å². The Hall–Kier alpha value is -1.30. The fourth-order valence-electron chi connectivity index (χ4n) is 3.53. The van der Waals surface area contributed by atoms with Crippen LogP contribution >= 0.6 is 0 Å². The van der Waals surface area contributed by atoms with Gasteiger partial charge in [-0.3, -0.25) is 0 Å². The van der Waals surface area contributed by atoms with E-state index in [9.17, 15) is 0 Å². The van der Waals surface area contributed by atoms with Crippen molar-refractivity contribution < 1.29 is 0 Å². The predicted octanol–water partition coefficient (Wildman–Crippen LogP) is 14.7. The zero-order valence-corrected chi connectivity index (χ0v) is 32.7. The van der Waals surface area contributed by atoms with Gasteiger partial charge < -0.3 is 0 Å². The summed E-state index contributed by atoms with van der Waals surface area (Å²) >= 11 is 0. The molecule has 0 heteroatoms. The maximum Gasteiger partial charge on any atom is -0.0173 e. The fraction of sp³-hybridized carbons (Fsp3) is 0.756. The molecule has 0 aromatic rings. The normalized spacial score (nSPS) is 11.1. The monoisotopic (exact) mass is 575 g/mol. The van der Waals surface area contributed by atoms with Crippen LogP contribution in [-0.4, -0.2) is 0 Å². The molecule has 0 spiro atoms. The topological polar surface area (TPSA) is 0 Å². The smallest absolute Gasteiger partial charge is 0.0173 e. The average molecular weight is 575 g/mol. The van der Waals surface area contributed by atoms with Gasteiger partial charge >= 0.3 is 0 Å². The van der Waals surface area contributed by atoms with Gasteiger partial charge in [0, 0.05) is 0 Å². The van der Waals surface area contributed by atoms with E-state index < -0.39 is 0 Å². The molecule has 0 aliphatic rings. The molecule has 0 aromatic carbocycles. The van der Waals surface area contributed by atoms with Crippen LogP contribution in [-0.2, 0) is 0 Å². The molecule has 0 N–H and O–H groups in total. The molecule has 0 aliphatic carbocycles. The Morgan fingerprint density at radius 1 is 0.293 bits per heavy atom. The van der Waals surface area contributed by atoms with Gasteiger partial charge in [-0.15, -0.1) is 0 Å². The third-order valence-electron chi connectivity index (χ3n) is 7.59. The molecule has 0 rings (SSSR count). The summed E-state index contributed by atoms with van der Waals surface area (Å²) in [6.07, 6.45) is 0. The minimum absolute atomic E-state index is 0.286. The first kappa shape index (κ1) is 49.4. The molecule has 0 heterocycles. The Morgan fingerprint density at radius 3 is 0.415 bits per heavy atom. The Kier molecular flexibility index (Phi) is 30.4. The van der Waals surface area contributed by atoms with Gasteiger partial charge in [-0.25, -0.2) is 0 Å². The number of allylic oxidation sites excluding steroid dienone is 5. The number of hydrogen-bond acceptors (Lipinski definition) is 0. The minimum atomic E-state index is 0.286. The molecule has 0 radical (unpaired) electrons. The fourth-order valence-corrected chi connectivity index (χ4v) is 3.53. The van der Waals surface area contributed by atoms with Gasteiger partial charge in [-0.1, -0.05) is 206 Å². The van der Waals surface area contributed by atoms with E-state index in [1.54, 1.807) is 0 Å². The first-order valence-electron chi connectivity index (χ1n) is 16.5. The predicted molar refractivity (Wildman–Crippen MR) is 199 cm³/mol. The summed E-state index contributed by atoms with van der Waals surface area (Å²) in [5.41, 5.74) is 7.03. The van der Waals surface area contributed by atoms with Gasteiger partial charge in [0.1, 0.15) is 0 Å². The second-order valence-corrected chi connectivity index (χ2v) is 15.5. The Balaban J connectivity index is -0.000000132. The van der Waals surface area contributed by atoms with Crippen molar-refractivity contribution in [1.29, 1.82) is 0 Å². The van der Waals surface area contributed by atoms with Crippen molar-refractivity contribution in [3.8, 4) is 0 Å². The highest BCUT2D eigenvalue weighted by Crippen LogP contribution is 2.29. The van der Waals surface area contributed by atoms with E-state index in [-0.39, 0.29) is 5.41 Å². The van der Waals surface area contributed by atoms with Crippen molar-refractivity contribution in [2.24, 2.45) is 58.7 Å². The molecule has 0 saturated heterocycles. The van der Waals surface area contributed by atoms with Gasteiger partial charge in [0.05, 0.1) is 0 Å². The molecule has 0 nitrogen and oxygen atoms in total. The highest BCUT2D eigenvalue weighted by atomic mass is 14.2. The summed E-state index contributed by atoms with van der Waals surface area (Å²) in [6, 6.07) is 0. The molecule has 0 atom stereocenters. The van der Waals surface area contributed by atoms with Crippen LogP contribution in [0.25, 0.3) is 0 Å². The SMILES string of the molecule is C=C(C(C)C)C(C)(C)C.C=C(C(C)C)C(C)C.C=C(C(C)C)C(C)C.C=C(C(C)C)C(C)C.C=C(C(C)C)C(C)C. The molecule has 0 fully saturated rings. The minimum Gasteiger partial charge on any atom is -0.0993 e. The lowest BCUT2D eigenvalue weighted by Gasteiger charge is -2.24. The van der Waals surface area contributed by atoms with Gasteiger partial charge in [0.15, 0.2) is 0 Å². The zero-order chi connectivity index (χ0) is 34.6. The van der Waals surface area contributed by atoms with Gasteiger partial charge in [-0.05, 0) is 58.7 Å². The summed E-state index contributed by atoms with van der Waals surface area (Å²) in [7, 11) is 0. The van der Waals surface area contributed by atoms with Crippen LogP contribution in [0.15, 0.2) is 60.8 Å². The zero-order valence-electron chi connectivity index (χ0n) is 32.7. The summed E-state index contributed by atoms with van der Waals surface area (Å²) in [5, 5.41) is 0. The molecule has 0 saturated carbocycles. The van der Waals surface area contributed by atoms with Crippen LogP contribution in [0.3, 0.4) is 0 Å². The number of rotatable bonds is 9. The lowest BCUT2D eigenvalue weighted by molar-refractivity contribution is 0.451. The number of hydrogen-bond donors (Lipinski definition) is 0. The van der Waals surface area contributed by atoms with E-state index in [1.165, 1.54) is 27.9 Å². The van der Waals surface area contributed by atoms with E-state index in [4.69, 9.17) is 0 Å². The summed E-state index contributed by atoms with van der Waals surface area (Å²) in [5.74, 6) is 5.80. The van der Waals surface area contributed by atoms with Crippen LogP contribution in [0.2, 0.25) is 0 Å². The Labute approximate surface area is 264 Å². The maximum absolute atomic E-state index is 4.03. The first-order chi connectivity index (χ1) is 18.1. The first-order valence-corrected chi connectivity index (χ1v) is 16.5. The summed E-state index contributed by atoms with van der Waals surface area (Å²) in [4.78, 5) is 0. The van der Waals surface area contributed by atoms with E-state index in [2.05, 4.69) is 178 Å². The summed E-state index contributed by atoms with van der Waals surface area (Å²) < 4.78 is 0. The molecule has 246 valence electrons. The van der Waals surface area contributed by atoms with Crippen molar-refractivity contribution >= 4 is 0 Å². The Morgan fingerprint density at radius 2 is 0.415 bits per heavy atom. The second-order valence-electron chi connectivity index (χ2n) is 15.5. The molecule has 0 aromatic heterocycles. The van der Waals surface area contributed by atoms with Gasteiger partial charge in [0.2, 0.25) is 0 Å². The van der Waals surface area contributed by atoms with Crippen LogP contribution in [0, 0.1) is 58.7 Å². The highest BCUT2D eigenvalue weighted by molar-refractivity contribution is 5.07. The maximum atomic E-state index is 4.03. The van der Waals surface area contributed by atoms with Crippen molar-refractivity contribution in [2.75, 3.05) is 0 Å². The van der Waals surface area contributed by atoms with Crippen LogP contribution in [0.5, 0.6) is 0 Å². The van der Waals surface area contributed by atoms with E-state index in [0.717, 1.165) is 0 Å². The molecule has 41 heavy (non-hydrogen) atoms. The Bertz CT molecular complexity index is 570. The molecule has 0 amide bonds. The lowest BCUT2D eigenvalue weighted by Crippen LogP contribution is -2.12. The van der Waals surface area contributed by atoms with Gasteiger partial charge in [0.25, 0.3) is 0 Å². The third-order valence-corrected chi connectivity index (χ3v) is 7.59.